The number of hydrogen-bond donors (Lipinski definition) is 0. The molecule has 0 amide bonds. The van der Waals surface area contributed by atoms with Gasteiger partial charge in [0.05, 0.1) is 13.2 Å². The summed E-state index contributed by atoms with van der Waals surface area (Å²) in [6, 6.07) is 7.54. The summed E-state index contributed by atoms with van der Waals surface area (Å²) in [7, 11) is 1.60. The minimum absolute atomic E-state index is 0.0890. The number of carbonyl (C=O) groups is 1. The Labute approximate surface area is 114 Å². The molecule has 2 atom stereocenters. The van der Waals surface area contributed by atoms with E-state index >= 15 is 0 Å². The van der Waals surface area contributed by atoms with Crippen molar-refractivity contribution in [1.29, 1.82) is 0 Å². The highest BCUT2D eigenvalue weighted by Gasteiger charge is 2.42. The highest BCUT2D eigenvalue weighted by atomic mass is 79.9. The van der Waals surface area contributed by atoms with Crippen LogP contribution in [-0.4, -0.2) is 38.3 Å². The molecule has 0 bridgehead atoms. The van der Waals surface area contributed by atoms with Gasteiger partial charge in [0.15, 0.2) is 11.9 Å². The molecule has 0 spiro atoms. The van der Waals surface area contributed by atoms with E-state index in [1.165, 1.54) is 0 Å². The van der Waals surface area contributed by atoms with E-state index in [0.29, 0.717) is 19.6 Å². The monoisotopic (exact) mass is 314 g/mol. The van der Waals surface area contributed by atoms with E-state index in [-0.39, 0.29) is 11.9 Å². The second kappa shape index (κ2) is 6.31. The molecule has 0 aliphatic heterocycles. The van der Waals surface area contributed by atoms with E-state index in [0.717, 1.165) is 10.2 Å². The van der Waals surface area contributed by atoms with E-state index in [4.69, 9.17) is 14.2 Å². The second-order valence-corrected chi connectivity index (χ2v) is 4.98. The molecule has 1 aliphatic rings. The third-order valence-corrected chi connectivity index (χ3v) is 3.22. The highest BCUT2D eigenvalue weighted by molar-refractivity contribution is 9.10. The third kappa shape index (κ3) is 3.31. The molecule has 1 aromatic rings. The van der Waals surface area contributed by atoms with Crippen LogP contribution in [0.2, 0.25) is 0 Å². The molecule has 0 saturated heterocycles. The van der Waals surface area contributed by atoms with Gasteiger partial charge in [-0.25, -0.2) is 0 Å². The summed E-state index contributed by atoms with van der Waals surface area (Å²) in [6.45, 7) is 0.888. The summed E-state index contributed by atoms with van der Waals surface area (Å²) in [6.07, 6.45) is -0.243. The number of halogens is 1. The van der Waals surface area contributed by atoms with Crippen LogP contribution in [0.25, 0.3) is 0 Å². The maximum absolute atomic E-state index is 11.4. The van der Waals surface area contributed by atoms with Gasteiger partial charge in [-0.15, -0.1) is 0 Å². The lowest BCUT2D eigenvalue weighted by molar-refractivity contribution is -0.156. The van der Waals surface area contributed by atoms with Crippen LogP contribution in [0.3, 0.4) is 0 Å². The van der Waals surface area contributed by atoms with Crippen molar-refractivity contribution in [2.45, 2.75) is 18.6 Å². The van der Waals surface area contributed by atoms with Crippen LogP contribution >= 0.6 is 15.9 Å². The topological polar surface area (TPSA) is 44.8 Å². The smallest absolute Gasteiger partial charge is 0.169 e. The average molecular weight is 315 g/mol. The molecule has 1 saturated carbocycles. The van der Waals surface area contributed by atoms with Gasteiger partial charge in [0.1, 0.15) is 11.9 Å². The van der Waals surface area contributed by atoms with Crippen LogP contribution in [0, 0.1) is 0 Å². The van der Waals surface area contributed by atoms with Crippen molar-refractivity contribution in [1.82, 2.24) is 0 Å². The summed E-state index contributed by atoms with van der Waals surface area (Å²) in [5.74, 6) is 0.827. The van der Waals surface area contributed by atoms with Crippen LogP contribution < -0.4 is 4.74 Å². The summed E-state index contributed by atoms with van der Waals surface area (Å²) >= 11 is 3.38. The van der Waals surface area contributed by atoms with Crippen molar-refractivity contribution in [2.75, 3.05) is 20.3 Å². The zero-order chi connectivity index (χ0) is 13.0. The summed E-state index contributed by atoms with van der Waals surface area (Å²) in [5, 5.41) is 0. The first kappa shape index (κ1) is 13.5. The molecule has 0 N–H and O–H groups in total. The Morgan fingerprint density at radius 2 is 2.22 bits per heavy atom. The lowest BCUT2D eigenvalue weighted by atomic mass is 9.90. The molecular weight excluding hydrogens is 300 g/mol. The Kier molecular flexibility index (Phi) is 4.74. The Bertz CT molecular complexity index is 421. The van der Waals surface area contributed by atoms with Crippen molar-refractivity contribution in [3.8, 4) is 5.75 Å². The average Bonchev–Trinajstić information content (AvgIpc) is 2.34. The standard InChI is InChI=1S/C13H15BrO4/c1-16-5-6-17-13-11(15)8-12(13)18-10-4-2-3-9(14)7-10/h2-4,7,12-13H,5-6,8H2,1H3. The fraction of sp³-hybridized carbons (Fsp3) is 0.462. The maximum atomic E-state index is 11.4. The van der Waals surface area contributed by atoms with Gasteiger partial charge in [-0.3, -0.25) is 4.79 Å². The molecule has 18 heavy (non-hydrogen) atoms. The molecule has 1 aromatic carbocycles. The first-order valence-electron chi connectivity index (χ1n) is 5.76. The normalized spacial score (nSPS) is 22.7. The molecule has 0 aromatic heterocycles. The Balaban J connectivity index is 1.87. The van der Waals surface area contributed by atoms with Crippen molar-refractivity contribution < 1.29 is 19.0 Å². The number of hydrogen-bond acceptors (Lipinski definition) is 4. The van der Waals surface area contributed by atoms with Gasteiger partial charge in [0.25, 0.3) is 0 Å². The van der Waals surface area contributed by atoms with E-state index in [1.54, 1.807) is 7.11 Å². The number of carbonyl (C=O) groups excluding carboxylic acids is 1. The van der Waals surface area contributed by atoms with Gasteiger partial charge < -0.3 is 14.2 Å². The Morgan fingerprint density at radius 1 is 1.39 bits per heavy atom. The van der Waals surface area contributed by atoms with Gasteiger partial charge in [-0.1, -0.05) is 22.0 Å². The van der Waals surface area contributed by atoms with Crippen molar-refractivity contribution in [3.63, 3.8) is 0 Å². The van der Waals surface area contributed by atoms with Crippen molar-refractivity contribution >= 4 is 21.7 Å². The molecule has 2 unspecified atom stereocenters. The molecule has 2 rings (SSSR count). The van der Waals surface area contributed by atoms with Gasteiger partial charge in [-0.2, -0.15) is 0 Å². The molecular formula is C13H15BrO4. The largest absolute Gasteiger partial charge is 0.487 e. The zero-order valence-electron chi connectivity index (χ0n) is 10.1. The number of methoxy groups -OCH3 is 1. The van der Waals surface area contributed by atoms with Gasteiger partial charge in [0, 0.05) is 18.0 Å². The number of rotatable bonds is 6. The molecule has 0 heterocycles. The van der Waals surface area contributed by atoms with Crippen LogP contribution in [0.1, 0.15) is 6.42 Å². The summed E-state index contributed by atoms with van der Waals surface area (Å²) in [5.41, 5.74) is 0. The lowest BCUT2D eigenvalue weighted by Crippen LogP contribution is -2.52. The lowest BCUT2D eigenvalue weighted by Gasteiger charge is -2.34. The molecule has 4 nitrogen and oxygen atoms in total. The van der Waals surface area contributed by atoms with Crippen LogP contribution in [-0.2, 0) is 14.3 Å². The van der Waals surface area contributed by atoms with Gasteiger partial charge in [0.2, 0.25) is 0 Å². The van der Waals surface area contributed by atoms with E-state index in [1.807, 2.05) is 24.3 Å². The predicted octanol–water partition coefficient (Wildman–Crippen LogP) is 2.20. The first-order chi connectivity index (χ1) is 8.70. The van der Waals surface area contributed by atoms with Gasteiger partial charge >= 0.3 is 0 Å². The molecule has 98 valence electrons. The highest BCUT2D eigenvalue weighted by Crippen LogP contribution is 2.27. The van der Waals surface area contributed by atoms with E-state index in [2.05, 4.69) is 15.9 Å². The molecule has 0 radical (unpaired) electrons. The zero-order valence-corrected chi connectivity index (χ0v) is 11.7. The maximum Gasteiger partial charge on any atom is 0.169 e. The Hall–Kier alpha value is -0.910. The van der Waals surface area contributed by atoms with Gasteiger partial charge in [-0.05, 0) is 18.2 Å². The quantitative estimate of drug-likeness (QED) is 0.755. The third-order valence-electron chi connectivity index (χ3n) is 2.73. The number of ketones is 1. The summed E-state index contributed by atoms with van der Waals surface area (Å²) < 4.78 is 17.0. The number of ether oxygens (including phenoxy) is 3. The van der Waals surface area contributed by atoms with Crippen molar-refractivity contribution in [2.24, 2.45) is 0 Å². The fourth-order valence-electron chi connectivity index (χ4n) is 1.75. The first-order valence-corrected chi connectivity index (χ1v) is 6.55. The Morgan fingerprint density at radius 3 is 2.89 bits per heavy atom. The van der Waals surface area contributed by atoms with E-state index in [9.17, 15) is 4.79 Å². The molecule has 1 fully saturated rings. The predicted molar refractivity (Wildman–Crippen MR) is 69.8 cm³/mol. The molecule has 5 heteroatoms. The molecule has 1 aliphatic carbocycles. The fourth-order valence-corrected chi connectivity index (χ4v) is 2.12. The minimum Gasteiger partial charge on any atom is -0.487 e. The van der Waals surface area contributed by atoms with Crippen LogP contribution in [0.5, 0.6) is 5.75 Å². The number of Topliss-reactive ketones (excluding diaryl/α,β-unsaturated/α-hetero) is 1. The van der Waals surface area contributed by atoms with E-state index < -0.39 is 6.10 Å². The van der Waals surface area contributed by atoms with Crippen LogP contribution in [0.4, 0.5) is 0 Å². The summed E-state index contributed by atoms with van der Waals surface area (Å²) in [4.78, 5) is 11.4. The van der Waals surface area contributed by atoms with Crippen molar-refractivity contribution in [3.05, 3.63) is 28.7 Å². The second-order valence-electron chi connectivity index (χ2n) is 4.07. The SMILES string of the molecule is COCCOC1C(=O)CC1Oc1cccc(Br)c1. The minimum atomic E-state index is -0.459. The van der Waals surface area contributed by atoms with Crippen LogP contribution in [0.15, 0.2) is 28.7 Å². The number of benzene rings is 1.